The van der Waals surface area contributed by atoms with Gasteiger partial charge in [-0.2, -0.15) is 5.26 Å². The van der Waals surface area contributed by atoms with Crippen molar-refractivity contribution in [2.45, 2.75) is 6.61 Å². The summed E-state index contributed by atoms with van der Waals surface area (Å²) in [7, 11) is 1.24. The van der Waals surface area contributed by atoms with E-state index in [1.54, 1.807) is 0 Å². The lowest BCUT2D eigenvalue weighted by Crippen LogP contribution is -2.03. The lowest BCUT2D eigenvalue weighted by Gasteiger charge is -2.06. The van der Waals surface area contributed by atoms with Crippen molar-refractivity contribution in [1.29, 1.82) is 5.26 Å². The third-order valence-electron chi connectivity index (χ3n) is 1.90. The molecule has 0 spiro atoms. The summed E-state index contributed by atoms with van der Waals surface area (Å²) in [4.78, 5) is 11.2. The molecule has 0 aliphatic heterocycles. The number of nitrogens with zero attached hydrogens (tertiary/aromatic N) is 1. The van der Waals surface area contributed by atoms with Gasteiger partial charge in [-0.3, -0.25) is 0 Å². The first-order valence-corrected chi connectivity index (χ1v) is 4.43. The maximum atomic E-state index is 11.2. The molecule has 0 saturated heterocycles. The van der Waals surface area contributed by atoms with E-state index < -0.39 is 5.97 Å². The number of nitriles is 1. The molecule has 0 aliphatic carbocycles. The Balaban J connectivity index is 3.33. The van der Waals surface area contributed by atoms with Crippen LogP contribution in [0.5, 0.6) is 0 Å². The van der Waals surface area contributed by atoms with E-state index in [1.807, 2.05) is 6.07 Å². The molecule has 78 valence electrons. The Morgan fingerprint density at radius 1 is 1.67 bits per heavy atom. The number of methoxy groups -OCH3 is 1. The van der Waals surface area contributed by atoms with Gasteiger partial charge >= 0.3 is 5.97 Å². The lowest BCUT2D eigenvalue weighted by molar-refractivity contribution is 0.0600. The van der Waals surface area contributed by atoms with E-state index in [2.05, 4.69) is 4.74 Å². The van der Waals surface area contributed by atoms with Gasteiger partial charge in [0, 0.05) is 10.6 Å². The van der Waals surface area contributed by atoms with Crippen LogP contribution in [0.25, 0.3) is 0 Å². The summed E-state index contributed by atoms with van der Waals surface area (Å²) in [6.45, 7) is -0.344. The molecule has 0 atom stereocenters. The van der Waals surface area contributed by atoms with E-state index in [1.165, 1.54) is 19.2 Å². The highest BCUT2D eigenvalue weighted by Crippen LogP contribution is 2.22. The van der Waals surface area contributed by atoms with E-state index in [-0.39, 0.29) is 22.8 Å². The minimum absolute atomic E-state index is 0.172. The zero-order valence-corrected chi connectivity index (χ0v) is 8.71. The van der Waals surface area contributed by atoms with Crippen LogP contribution in [0, 0.1) is 11.3 Å². The standard InChI is InChI=1S/C10H8ClNO3/c1-15-10(14)6-2-7(4-12)8(5-13)9(11)3-6/h2-3,13H,5H2,1H3. The van der Waals surface area contributed by atoms with Gasteiger partial charge in [0.2, 0.25) is 0 Å². The molecule has 5 heteroatoms. The zero-order chi connectivity index (χ0) is 11.4. The summed E-state index contributed by atoms with van der Waals surface area (Å²) in [5.74, 6) is -0.571. The first-order valence-electron chi connectivity index (χ1n) is 4.05. The molecule has 0 saturated carbocycles. The van der Waals surface area contributed by atoms with Crippen molar-refractivity contribution in [3.8, 4) is 6.07 Å². The van der Waals surface area contributed by atoms with Gasteiger partial charge in [-0.25, -0.2) is 4.79 Å². The molecular formula is C10H8ClNO3. The molecule has 1 rings (SSSR count). The highest BCUT2D eigenvalue weighted by atomic mass is 35.5. The molecule has 0 aromatic heterocycles. The van der Waals surface area contributed by atoms with E-state index in [0.29, 0.717) is 5.56 Å². The van der Waals surface area contributed by atoms with Gasteiger partial charge in [0.15, 0.2) is 0 Å². The van der Waals surface area contributed by atoms with Crippen molar-refractivity contribution in [2.24, 2.45) is 0 Å². The second kappa shape index (κ2) is 4.78. The third kappa shape index (κ3) is 2.27. The van der Waals surface area contributed by atoms with Crippen LogP contribution in [0.15, 0.2) is 12.1 Å². The molecule has 0 amide bonds. The molecule has 1 aromatic carbocycles. The molecule has 0 radical (unpaired) electrons. The summed E-state index contributed by atoms with van der Waals surface area (Å²) in [6, 6.07) is 4.55. The SMILES string of the molecule is COC(=O)c1cc(Cl)c(CO)c(C#N)c1. The van der Waals surface area contributed by atoms with Crippen LogP contribution in [0.4, 0.5) is 0 Å². The topological polar surface area (TPSA) is 70.3 Å². The fourth-order valence-electron chi connectivity index (χ4n) is 1.13. The normalized spacial score (nSPS) is 9.47. The molecule has 0 fully saturated rings. The molecule has 1 N–H and O–H groups in total. The van der Waals surface area contributed by atoms with Gasteiger partial charge in [0.25, 0.3) is 0 Å². The molecule has 4 nitrogen and oxygen atoms in total. The van der Waals surface area contributed by atoms with Crippen molar-refractivity contribution in [1.82, 2.24) is 0 Å². The average Bonchev–Trinajstić information content (AvgIpc) is 2.26. The van der Waals surface area contributed by atoms with Crippen molar-refractivity contribution in [3.05, 3.63) is 33.8 Å². The van der Waals surface area contributed by atoms with Crippen molar-refractivity contribution < 1.29 is 14.6 Å². The number of carbonyl (C=O) groups is 1. The van der Waals surface area contributed by atoms with Gasteiger partial charge in [-0.05, 0) is 12.1 Å². The fraction of sp³-hybridized carbons (Fsp3) is 0.200. The molecule has 1 aromatic rings. The second-order valence-corrected chi connectivity index (χ2v) is 3.15. The predicted molar refractivity (Wildman–Crippen MR) is 53.4 cm³/mol. The highest BCUT2D eigenvalue weighted by molar-refractivity contribution is 6.31. The number of halogens is 1. The van der Waals surface area contributed by atoms with E-state index in [4.69, 9.17) is 22.0 Å². The Morgan fingerprint density at radius 3 is 2.80 bits per heavy atom. The summed E-state index contributed by atoms with van der Waals surface area (Å²) < 4.78 is 4.49. The summed E-state index contributed by atoms with van der Waals surface area (Å²) >= 11 is 5.80. The first kappa shape index (κ1) is 11.5. The van der Waals surface area contributed by atoms with Crippen LogP contribution in [-0.4, -0.2) is 18.2 Å². The van der Waals surface area contributed by atoms with Crippen LogP contribution < -0.4 is 0 Å². The Kier molecular flexibility index (Phi) is 3.67. The maximum Gasteiger partial charge on any atom is 0.337 e. The number of rotatable bonds is 2. The first-order chi connectivity index (χ1) is 7.13. The molecule has 15 heavy (non-hydrogen) atoms. The number of benzene rings is 1. The minimum Gasteiger partial charge on any atom is -0.465 e. The van der Waals surface area contributed by atoms with E-state index in [9.17, 15) is 4.79 Å². The molecular weight excluding hydrogens is 218 g/mol. The van der Waals surface area contributed by atoms with Crippen LogP contribution in [-0.2, 0) is 11.3 Å². The van der Waals surface area contributed by atoms with Crippen LogP contribution in [0.3, 0.4) is 0 Å². The lowest BCUT2D eigenvalue weighted by atomic mass is 10.1. The molecule has 0 bridgehead atoms. The Morgan fingerprint density at radius 2 is 2.33 bits per heavy atom. The minimum atomic E-state index is -0.571. The highest BCUT2D eigenvalue weighted by Gasteiger charge is 2.13. The van der Waals surface area contributed by atoms with E-state index >= 15 is 0 Å². The number of aliphatic hydroxyl groups excluding tert-OH is 1. The second-order valence-electron chi connectivity index (χ2n) is 2.75. The van der Waals surface area contributed by atoms with Crippen molar-refractivity contribution in [3.63, 3.8) is 0 Å². The third-order valence-corrected chi connectivity index (χ3v) is 2.23. The van der Waals surface area contributed by atoms with Gasteiger partial charge in [-0.1, -0.05) is 11.6 Å². The maximum absolute atomic E-state index is 11.2. The summed E-state index contributed by atoms with van der Waals surface area (Å²) in [5.41, 5.74) is 0.675. The molecule has 0 aliphatic rings. The fourth-order valence-corrected chi connectivity index (χ4v) is 1.41. The monoisotopic (exact) mass is 225 g/mol. The average molecular weight is 226 g/mol. The molecule has 0 unspecified atom stereocenters. The van der Waals surface area contributed by atoms with Gasteiger partial charge in [-0.15, -0.1) is 0 Å². The smallest absolute Gasteiger partial charge is 0.337 e. The van der Waals surface area contributed by atoms with Crippen molar-refractivity contribution >= 4 is 17.6 Å². The van der Waals surface area contributed by atoms with E-state index in [0.717, 1.165) is 0 Å². The Bertz CT molecular complexity index is 437. The molecule has 0 heterocycles. The number of aliphatic hydroxyl groups is 1. The summed E-state index contributed by atoms with van der Waals surface area (Å²) in [6.07, 6.45) is 0. The zero-order valence-electron chi connectivity index (χ0n) is 7.95. The van der Waals surface area contributed by atoms with Gasteiger partial charge in [0.05, 0.1) is 30.9 Å². The van der Waals surface area contributed by atoms with Crippen LogP contribution in [0.2, 0.25) is 5.02 Å². The Labute approximate surface area is 91.7 Å². The van der Waals surface area contributed by atoms with Gasteiger partial charge in [0.1, 0.15) is 0 Å². The van der Waals surface area contributed by atoms with Gasteiger partial charge < -0.3 is 9.84 Å². The Hall–Kier alpha value is -1.57. The largest absolute Gasteiger partial charge is 0.465 e. The number of esters is 1. The number of ether oxygens (including phenoxy) is 1. The quantitative estimate of drug-likeness (QED) is 0.775. The number of hydrogen-bond acceptors (Lipinski definition) is 4. The number of carbonyl (C=O) groups excluding carboxylic acids is 1. The van der Waals surface area contributed by atoms with Crippen LogP contribution >= 0.6 is 11.6 Å². The summed E-state index contributed by atoms with van der Waals surface area (Å²) in [5, 5.41) is 17.9. The van der Waals surface area contributed by atoms with Crippen molar-refractivity contribution in [2.75, 3.05) is 7.11 Å². The van der Waals surface area contributed by atoms with Crippen LogP contribution in [0.1, 0.15) is 21.5 Å². The predicted octanol–water partition coefficient (Wildman–Crippen LogP) is 1.49. The number of hydrogen-bond donors (Lipinski definition) is 1.